The standard InChI is InChI=1S/C19H20N4O3S/c24-19(9-15-27(25,26)17-4-2-1-3-5-17)21-12-14-23-13-8-18(22-23)16-6-10-20-11-7-16/h1-8,10-11,13H,9,12,14-15H2,(H,21,24). The minimum atomic E-state index is -3.44. The molecule has 1 amide bonds. The minimum Gasteiger partial charge on any atom is -0.354 e. The van der Waals surface area contributed by atoms with E-state index < -0.39 is 9.84 Å². The van der Waals surface area contributed by atoms with Crippen LogP contribution in [0, 0.1) is 0 Å². The monoisotopic (exact) mass is 384 g/mol. The van der Waals surface area contributed by atoms with E-state index in [-0.39, 0.29) is 23.0 Å². The van der Waals surface area contributed by atoms with Crippen molar-refractivity contribution in [2.24, 2.45) is 0 Å². The number of nitrogens with one attached hydrogen (secondary N) is 1. The SMILES string of the molecule is O=C(CCS(=O)(=O)c1ccccc1)NCCn1ccc(-c2ccncc2)n1. The fourth-order valence-corrected chi connectivity index (χ4v) is 3.80. The molecular weight excluding hydrogens is 364 g/mol. The molecule has 0 spiro atoms. The van der Waals surface area contributed by atoms with Crippen LogP contribution in [0.4, 0.5) is 0 Å². The van der Waals surface area contributed by atoms with Crippen molar-refractivity contribution in [1.29, 1.82) is 0 Å². The Morgan fingerprint density at radius 3 is 2.52 bits per heavy atom. The molecule has 0 aliphatic carbocycles. The van der Waals surface area contributed by atoms with Crippen LogP contribution in [-0.4, -0.2) is 41.4 Å². The summed E-state index contributed by atoms with van der Waals surface area (Å²) in [4.78, 5) is 16.1. The Morgan fingerprint density at radius 2 is 1.78 bits per heavy atom. The lowest BCUT2D eigenvalue weighted by Gasteiger charge is -2.07. The molecule has 27 heavy (non-hydrogen) atoms. The molecular formula is C19H20N4O3S. The van der Waals surface area contributed by atoms with Gasteiger partial charge in [0.15, 0.2) is 9.84 Å². The molecule has 0 bridgehead atoms. The number of hydrogen-bond donors (Lipinski definition) is 1. The average molecular weight is 384 g/mol. The summed E-state index contributed by atoms with van der Waals surface area (Å²) >= 11 is 0. The van der Waals surface area contributed by atoms with Gasteiger partial charge >= 0.3 is 0 Å². The second kappa shape index (κ2) is 8.59. The van der Waals surface area contributed by atoms with Gasteiger partial charge in [0.2, 0.25) is 5.91 Å². The molecule has 0 radical (unpaired) electrons. The quantitative estimate of drug-likeness (QED) is 0.640. The molecule has 1 N–H and O–H groups in total. The topological polar surface area (TPSA) is 94.0 Å². The first kappa shape index (κ1) is 18.8. The number of benzene rings is 1. The van der Waals surface area contributed by atoms with Gasteiger partial charge in [0.25, 0.3) is 0 Å². The third-order valence-electron chi connectivity index (χ3n) is 3.98. The highest BCUT2D eigenvalue weighted by atomic mass is 32.2. The molecule has 0 atom stereocenters. The molecule has 140 valence electrons. The van der Waals surface area contributed by atoms with Crippen molar-refractivity contribution in [3.63, 3.8) is 0 Å². The minimum absolute atomic E-state index is 0.0708. The molecule has 7 nitrogen and oxygen atoms in total. The van der Waals surface area contributed by atoms with Gasteiger partial charge in [-0.2, -0.15) is 5.10 Å². The van der Waals surface area contributed by atoms with E-state index in [9.17, 15) is 13.2 Å². The lowest BCUT2D eigenvalue weighted by atomic mass is 10.2. The summed E-state index contributed by atoms with van der Waals surface area (Å²) < 4.78 is 26.1. The van der Waals surface area contributed by atoms with Crippen LogP contribution in [0.25, 0.3) is 11.3 Å². The Hall–Kier alpha value is -3.00. The predicted octanol–water partition coefficient (Wildman–Crippen LogP) is 1.93. The molecule has 3 rings (SSSR count). The fourth-order valence-electron chi connectivity index (χ4n) is 2.53. The summed E-state index contributed by atoms with van der Waals surface area (Å²) in [6.45, 7) is 0.879. The van der Waals surface area contributed by atoms with Crippen LogP contribution >= 0.6 is 0 Å². The summed E-state index contributed by atoms with van der Waals surface area (Å²) in [5, 5.41) is 7.17. The zero-order chi connectivity index (χ0) is 19.1. The van der Waals surface area contributed by atoms with Crippen LogP contribution in [0.15, 0.2) is 72.0 Å². The van der Waals surface area contributed by atoms with Crippen molar-refractivity contribution in [3.8, 4) is 11.3 Å². The first-order chi connectivity index (χ1) is 13.0. The maximum absolute atomic E-state index is 12.2. The Morgan fingerprint density at radius 1 is 1.04 bits per heavy atom. The molecule has 3 aromatic rings. The normalized spacial score (nSPS) is 11.3. The largest absolute Gasteiger partial charge is 0.354 e. The number of carbonyl (C=O) groups excluding carboxylic acids is 1. The maximum Gasteiger partial charge on any atom is 0.221 e. The van der Waals surface area contributed by atoms with Crippen LogP contribution in [0.5, 0.6) is 0 Å². The Balaban J connectivity index is 1.44. The third-order valence-corrected chi connectivity index (χ3v) is 5.71. The van der Waals surface area contributed by atoms with Crippen LogP contribution in [0.2, 0.25) is 0 Å². The second-order valence-electron chi connectivity index (χ2n) is 5.93. The molecule has 0 fully saturated rings. The van der Waals surface area contributed by atoms with Crippen molar-refractivity contribution in [1.82, 2.24) is 20.1 Å². The van der Waals surface area contributed by atoms with Gasteiger partial charge in [-0.25, -0.2) is 8.42 Å². The van der Waals surface area contributed by atoms with Crippen molar-refractivity contribution in [3.05, 3.63) is 67.1 Å². The first-order valence-corrected chi connectivity index (χ1v) is 10.2. The lowest BCUT2D eigenvalue weighted by Crippen LogP contribution is -2.29. The van der Waals surface area contributed by atoms with Crippen LogP contribution in [0.1, 0.15) is 6.42 Å². The molecule has 0 unspecified atom stereocenters. The highest BCUT2D eigenvalue weighted by Crippen LogP contribution is 2.14. The molecule has 0 saturated carbocycles. The second-order valence-corrected chi connectivity index (χ2v) is 8.04. The third kappa shape index (κ3) is 5.24. The molecule has 0 saturated heterocycles. The average Bonchev–Trinajstić information content (AvgIpc) is 3.17. The van der Waals surface area contributed by atoms with Gasteiger partial charge < -0.3 is 5.32 Å². The number of amides is 1. The van der Waals surface area contributed by atoms with Crippen LogP contribution in [-0.2, 0) is 21.2 Å². The number of nitrogens with zero attached hydrogens (tertiary/aromatic N) is 3. The van der Waals surface area contributed by atoms with E-state index in [1.54, 1.807) is 35.3 Å². The van der Waals surface area contributed by atoms with E-state index in [1.165, 1.54) is 12.1 Å². The van der Waals surface area contributed by atoms with Gasteiger partial charge in [0, 0.05) is 37.1 Å². The summed E-state index contributed by atoms with van der Waals surface area (Å²) in [5.41, 5.74) is 1.80. The molecule has 0 aliphatic heterocycles. The highest BCUT2D eigenvalue weighted by Gasteiger charge is 2.15. The maximum atomic E-state index is 12.2. The fraction of sp³-hybridized carbons (Fsp3) is 0.211. The van der Waals surface area contributed by atoms with Crippen molar-refractivity contribution in [2.75, 3.05) is 12.3 Å². The molecule has 8 heteroatoms. The molecule has 1 aromatic carbocycles. The number of pyridine rings is 1. The Labute approximate surface area is 158 Å². The first-order valence-electron chi connectivity index (χ1n) is 8.53. The van der Waals surface area contributed by atoms with E-state index in [4.69, 9.17) is 0 Å². The summed E-state index contributed by atoms with van der Waals surface area (Å²) in [7, 11) is -3.44. The van der Waals surface area contributed by atoms with Gasteiger partial charge in [-0.15, -0.1) is 0 Å². The number of hydrogen-bond acceptors (Lipinski definition) is 5. The van der Waals surface area contributed by atoms with E-state index in [0.29, 0.717) is 13.1 Å². The zero-order valence-electron chi connectivity index (χ0n) is 14.7. The predicted molar refractivity (Wildman–Crippen MR) is 102 cm³/mol. The van der Waals surface area contributed by atoms with Crippen molar-refractivity contribution < 1.29 is 13.2 Å². The zero-order valence-corrected chi connectivity index (χ0v) is 15.5. The van der Waals surface area contributed by atoms with Crippen LogP contribution < -0.4 is 5.32 Å². The van der Waals surface area contributed by atoms with Gasteiger partial charge in [-0.3, -0.25) is 14.5 Å². The Bertz CT molecular complexity index is 986. The number of sulfone groups is 1. The summed E-state index contributed by atoms with van der Waals surface area (Å²) in [5.74, 6) is -0.507. The van der Waals surface area contributed by atoms with Gasteiger partial charge in [0.1, 0.15) is 0 Å². The van der Waals surface area contributed by atoms with E-state index in [2.05, 4.69) is 15.4 Å². The number of aromatic nitrogens is 3. The van der Waals surface area contributed by atoms with E-state index in [1.807, 2.05) is 24.4 Å². The lowest BCUT2D eigenvalue weighted by molar-refractivity contribution is -0.120. The Kier molecular flexibility index (Phi) is 5.97. The molecule has 0 aliphatic rings. The molecule has 2 heterocycles. The van der Waals surface area contributed by atoms with Crippen LogP contribution in [0.3, 0.4) is 0 Å². The summed E-state index contributed by atoms with van der Waals surface area (Å²) in [6, 6.07) is 13.8. The van der Waals surface area contributed by atoms with Gasteiger partial charge in [-0.1, -0.05) is 18.2 Å². The van der Waals surface area contributed by atoms with E-state index in [0.717, 1.165) is 11.3 Å². The smallest absolute Gasteiger partial charge is 0.221 e. The number of rotatable bonds is 8. The highest BCUT2D eigenvalue weighted by molar-refractivity contribution is 7.91. The van der Waals surface area contributed by atoms with Gasteiger partial charge in [0.05, 0.1) is 22.9 Å². The molecule has 2 aromatic heterocycles. The van der Waals surface area contributed by atoms with Crippen molar-refractivity contribution in [2.45, 2.75) is 17.9 Å². The van der Waals surface area contributed by atoms with Gasteiger partial charge in [-0.05, 0) is 30.3 Å². The van der Waals surface area contributed by atoms with Crippen molar-refractivity contribution >= 4 is 15.7 Å². The van der Waals surface area contributed by atoms with E-state index >= 15 is 0 Å². The number of carbonyl (C=O) groups is 1. The summed E-state index contributed by atoms with van der Waals surface area (Å²) in [6.07, 6.45) is 5.18.